The molecule has 0 fully saturated rings. The zero-order valence-corrected chi connectivity index (χ0v) is 29.7. The van der Waals surface area contributed by atoms with Crippen LogP contribution in [0, 0.1) is 0 Å². The van der Waals surface area contributed by atoms with Gasteiger partial charge in [-0.25, -0.2) is 0 Å². The summed E-state index contributed by atoms with van der Waals surface area (Å²) in [5, 5.41) is 5.20. The van der Waals surface area contributed by atoms with Crippen molar-refractivity contribution in [2.75, 3.05) is 16.8 Å². The molecule has 2 N–H and O–H groups in total. The number of para-hydroxylation sites is 1. The van der Waals surface area contributed by atoms with Gasteiger partial charge in [0.2, 0.25) is 5.91 Å². The predicted molar refractivity (Wildman–Crippen MR) is 206 cm³/mol. The fourth-order valence-electron chi connectivity index (χ4n) is 5.83. The van der Waals surface area contributed by atoms with Crippen molar-refractivity contribution in [2.24, 2.45) is 0 Å². The third kappa shape index (κ3) is 8.06. The molecule has 1 aliphatic heterocycles. The van der Waals surface area contributed by atoms with Crippen molar-refractivity contribution in [2.45, 2.75) is 16.6 Å². The number of benzene rings is 5. The van der Waals surface area contributed by atoms with Crippen LogP contribution >= 0.6 is 27.7 Å². The van der Waals surface area contributed by atoms with E-state index in [9.17, 15) is 14.4 Å². The number of hydrogen-bond donors (Lipinski definition) is 2. The Balaban J connectivity index is 1.10. The molecule has 0 radical (unpaired) electrons. The van der Waals surface area contributed by atoms with Gasteiger partial charge >= 0.3 is 0 Å². The minimum Gasteiger partial charge on any atom is -0.457 e. The second-order valence-corrected chi connectivity index (χ2v) is 13.9. The van der Waals surface area contributed by atoms with Crippen molar-refractivity contribution in [1.82, 2.24) is 5.32 Å². The Morgan fingerprint density at radius 1 is 0.765 bits per heavy atom. The smallest absolute Gasteiger partial charge is 0.272 e. The molecule has 51 heavy (non-hydrogen) atoms. The molecule has 0 saturated heterocycles. The highest BCUT2D eigenvalue weighted by Gasteiger charge is 2.31. The summed E-state index contributed by atoms with van der Waals surface area (Å²) >= 11 is 4.91. The van der Waals surface area contributed by atoms with Crippen LogP contribution in [-0.4, -0.2) is 24.3 Å². The van der Waals surface area contributed by atoms with Gasteiger partial charge in [0.1, 0.15) is 22.5 Å². The molecule has 2 heterocycles. The van der Waals surface area contributed by atoms with E-state index in [-0.39, 0.29) is 11.6 Å². The lowest BCUT2D eigenvalue weighted by Gasteiger charge is -2.24. The van der Waals surface area contributed by atoms with E-state index in [0.29, 0.717) is 29.3 Å². The lowest BCUT2D eigenvalue weighted by molar-refractivity contribution is -0.118. The number of nitrogens with one attached hydrogen (secondary N) is 2. The molecule has 1 atom stereocenters. The van der Waals surface area contributed by atoms with E-state index in [4.69, 9.17) is 4.42 Å². The molecule has 0 spiro atoms. The quantitative estimate of drug-likeness (QED) is 0.107. The van der Waals surface area contributed by atoms with Gasteiger partial charge in [0.05, 0.1) is 0 Å². The largest absolute Gasteiger partial charge is 0.457 e. The molecule has 0 bridgehead atoms. The van der Waals surface area contributed by atoms with E-state index >= 15 is 0 Å². The maximum Gasteiger partial charge on any atom is 0.272 e. The first kappa shape index (κ1) is 33.8. The zero-order valence-electron chi connectivity index (χ0n) is 27.3. The number of anilines is 2. The van der Waals surface area contributed by atoms with Crippen LogP contribution in [0.3, 0.4) is 0 Å². The fraction of sp³-hybridized carbons (Fsp3) is 0.0714. The maximum absolute atomic E-state index is 14.0. The van der Waals surface area contributed by atoms with Crippen LogP contribution in [0.15, 0.2) is 165 Å². The molecular formula is C42H32BrN3O4S. The van der Waals surface area contributed by atoms with E-state index in [1.165, 1.54) is 23.4 Å². The van der Waals surface area contributed by atoms with Gasteiger partial charge in [0.15, 0.2) is 0 Å². The summed E-state index contributed by atoms with van der Waals surface area (Å²) in [5.41, 5.74) is 4.87. The van der Waals surface area contributed by atoms with Crippen LogP contribution < -0.4 is 15.5 Å². The highest BCUT2D eigenvalue weighted by atomic mass is 79.9. The SMILES string of the molecule is O=C(Nc1ccc(SC(C(=O)N2CCc3ccccc32)c2ccccc2)cc1)/C(=C/c1ccc(-c2ccc(Br)cc2)o1)NC(=O)c1ccccc1. The third-order valence-electron chi connectivity index (χ3n) is 8.42. The van der Waals surface area contributed by atoms with Gasteiger partial charge in [-0.2, -0.15) is 0 Å². The van der Waals surface area contributed by atoms with E-state index in [1.54, 1.807) is 42.5 Å². The van der Waals surface area contributed by atoms with E-state index in [0.717, 1.165) is 32.6 Å². The first-order valence-corrected chi connectivity index (χ1v) is 18.0. The summed E-state index contributed by atoms with van der Waals surface area (Å²) in [7, 11) is 0. The zero-order chi connectivity index (χ0) is 35.2. The molecule has 9 heteroatoms. The van der Waals surface area contributed by atoms with Crippen LogP contribution in [-0.2, 0) is 16.0 Å². The van der Waals surface area contributed by atoms with Crippen molar-refractivity contribution >= 4 is 62.9 Å². The summed E-state index contributed by atoms with van der Waals surface area (Å²) in [6.07, 6.45) is 2.34. The van der Waals surface area contributed by atoms with Crippen molar-refractivity contribution in [3.05, 3.63) is 178 Å². The monoisotopic (exact) mass is 753 g/mol. The lowest BCUT2D eigenvalue weighted by atomic mass is 10.1. The number of amides is 3. The standard InChI is InChI=1S/C42H32BrN3O4S/c43-32-17-15-29(16-18-32)38-24-21-34(50-38)27-36(45-40(47)31-12-5-2-6-13-31)41(48)44-33-19-22-35(23-20-33)51-39(30-10-3-1-4-11-30)42(49)46-26-25-28-9-7-8-14-37(28)46/h1-24,27,39H,25-26H2,(H,44,48)(H,45,47)/b36-27-. The van der Waals surface area contributed by atoms with Crippen LogP contribution in [0.5, 0.6) is 0 Å². The number of hydrogen-bond acceptors (Lipinski definition) is 5. The van der Waals surface area contributed by atoms with Crippen molar-refractivity contribution < 1.29 is 18.8 Å². The molecule has 1 unspecified atom stereocenters. The molecule has 252 valence electrons. The van der Waals surface area contributed by atoms with Gasteiger partial charge in [-0.1, -0.05) is 94.8 Å². The van der Waals surface area contributed by atoms with Gasteiger partial charge in [-0.3, -0.25) is 14.4 Å². The lowest BCUT2D eigenvalue weighted by Crippen LogP contribution is -2.32. The Morgan fingerprint density at radius 3 is 2.20 bits per heavy atom. The predicted octanol–water partition coefficient (Wildman–Crippen LogP) is 9.54. The van der Waals surface area contributed by atoms with Gasteiger partial charge in [0.25, 0.3) is 11.8 Å². The molecule has 0 aliphatic carbocycles. The molecule has 1 aliphatic rings. The summed E-state index contributed by atoms with van der Waals surface area (Å²) in [6, 6.07) is 45.1. The Morgan fingerprint density at radius 2 is 1.45 bits per heavy atom. The van der Waals surface area contributed by atoms with Gasteiger partial charge in [0, 0.05) is 44.5 Å². The highest BCUT2D eigenvalue weighted by Crippen LogP contribution is 2.40. The number of nitrogens with zero attached hydrogens (tertiary/aromatic N) is 1. The molecule has 3 amide bonds. The van der Waals surface area contributed by atoms with Crippen molar-refractivity contribution in [3.63, 3.8) is 0 Å². The van der Waals surface area contributed by atoms with Crippen molar-refractivity contribution in [1.29, 1.82) is 0 Å². The molecule has 6 aromatic rings. The second kappa shape index (κ2) is 15.5. The number of furan rings is 1. The van der Waals surface area contributed by atoms with E-state index < -0.39 is 17.1 Å². The maximum atomic E-state index is 14.0. The Labute approximate surface area is 308 Å². The highest BCUT2D eigenvalue weighted by molar-refractivity contribution is 9.10. The summed E-state index contributed by atoms with van der Waals surface area (Å²) in [5.74, 6) is 0.0957. The van der Waals surface area contributed by atoms with Gasteiger partial charge < -0.3 is 20.0 Å². The summed E-state index contributed by atoms with van der Waals surface area (Å²) in [6.45, 7) is 0.646. The van der Waals surface area contributed by atoms with Crippen LogP contribution in [0.2, 0.25) is 0 Å². The normalized spacial score (nSPS) is 13.0. The van der Waals surface area contributed by atoms with E-state index in [1.807, 2.05) is 102 Å². The summed E-state index contributed by atoms with van der Waals surface area (Å²) in [4.78, 5) is 43.6. The Hall–Kier alpha value is -5.64. The van der Waals surface area contributed by atoms with Gasteiger partial charge in [-0.05, 0) is 84.3 Å². The first-order chi connectivity index (χ1) is 24.9. The number of fused-ring (bicyclic) bond motifs is 1. The Kier molecular flexibility index (Phi) is 10.3. The first-order valence-electron chi connectivity index (χ1n) is 16.4. The number of carbonyl (C=O) groups excluding carboxylic acids is 3. The number of thioether (sulfide) groups is 1. The minimum atomic E-state index is -0.522. The Bertz CT molecular complexity index is 2200. The van der Waals surface area contributed by atoms with Crippen LogP contribution in [0.1, 0.15) is 32.5 Å². The van der Waals surface area contributed by atoms with E-state index in [2.05, 4.69) is 32.6 Å². The molecular weight excluding hydrogens is 722 g/mol. The third-order valence-corrected chi connectivity index (χ3v) is 10.2. The van der Waals surface area contributed by atoms with Crippen LogP contribution in [0.4, 0.5) is 11.4 Å². The molecule has 5 aromatic carbocycles. The molecule has 7 nitrogen and oxygen atoms in total. The number of carbonyl (C=O) groups is 3. The molecule has 1 aromatic heterocycles. The summed E-state index contributed by atoms with van der Waals surface area (Å²) < 4.78 is 6.98. The van der Waals surface area contributed by atoms with Crippen LogP contribution in [0.25, 0.3) is 17.4 Å². The van der Waals surface area contributed by atoms with Crippen molar-refractivity contribution in [3.8, 4) is 11.3 Å². The molecule has 7 rings (SSSR count). The second-order valence-electron chi connectivity index (χ2n) is 11.8. The molecule has 0 saturated carbocycles. The number of halogens is 1. The average molecular weight is 755 g/mol. The minimum absolute atomic E-state index is 0.0136. The average Bonchev–Trinajstić information content (AvgIpc) is 3.83. The topological polar surface area (TPSA) is 91.7 Å². The number of rotatable bonds is 10. The fourth-order valence-corrected chi connectivity index (χ4v) is 7.18. The van der Waals surface area contributed by atoms with Gasteiger partial charge in [-0.15, -0.1) is 11.8 Å².